The molecule has 3 heterocycles. The van der Waals surface area contributed by atoms with Crippen LogP contribution in [-0.4, -0.2) is 48.6 Å². The van der Waals surface area contributed by atoms with Gasteiger partial charge in [0, 0.05) is 31.6 Å². The van der Waals surface area contributed by atoms with Crippen LogP contribution in [0.25, 0.3) is 0 Å². The molecule has 1 amide bonds. The van der Waals surface area contributed by atoms with Crippen molar-refractivity contribution >= 4 is 17.2 Å². The van der Waals surface area contributed by atoms with E-state index in [2.05, 4.69) is 22.4 Å². The van der Waals surface area contributed by atoms with Gasteiger partial charge in [-0.2, -0.15) is 0 Å². The summed E-state index contributed by atoms with van der Waals surface area (Å²) in [6.45, 7) is 5.24. The molecule has 25 heavy (non-hydrogen) atoms. The van der Waals surface area contributed by atoms with Crippen LogP contribution in [0.15, 0.2) is 34.1 Å². The van der Waals surface area contributed by atoms with Crippen LogP contribution in [0, 0.1) is 6.92 Å². The first-order valence-corrected chi connectivity index (χ1v) is 9.64. The minimum atomic E-state index is 0.101. The molecule has 0 spiro atoms. The Morgan fingerprint density at radius 2 is 2.20 bits per heavy atom. The SMILES string of the molecule is Cc1ccc(CN(C)C(=O)CN(Cc2cccs2)CC2CCCO2)o1. The smallest absolute Gasteiger partial charge is 0.236 e. The number of carbonyl (C=O) groups is 1. The number of hydrogen-bond donors (Lipinski definition) is 0. The van der Waals surface area contributed by atoms with E-state index in [1.165, 1.54) is 4.88 Å². The highest BCUT2D eigenvalue weighted by Gasteiger charge is 2.22. The highest BCUT2D eigenvalue weighted by atomic mass is 32.1. The maximum atomic E-state index is 12.7. The molecule has 0 aliphatic carbocycles. The lowest BCUT2D eigenvalue weighted by Crippen LogP contribution is -2.40. The second-order valence-electron chi connectivity index (χ2n) is 6.65. The monoisotopic (exact) mass is 362 g/mol. The summed E-state index contributed by atoms with van der Waals surface area (Å²) in [5, 5.41) is 2.08. The number of aryl methyl sites for hydroxylation is 1. The van der Waals surface area contributed by atoms with E-state index < -0.39 is 0 Å². The molecule has 1 aliphatic heterocycles. The number of nitrogens with zero attached hydrogens (tertiary/aromatic N) is 2. The third kappa shape index (κ3) is 5.42. The third-order valence-electron chi connectivity index (χ3n) is 4.42. The summed E-state index contributed by atoms with van der Waals surface area (Å²) in [5.41, 5.74) is 0. The van der Waals surface area contributed by atoms with E-state index in [1.807, 2.05) is 26.1 Å². The van der Waals surface area contributed by atoms with Crippen molar-refractivity contribution < 1.29 is 13.9 Å². The number of ether oxygens (including phenoxy) is 1. The molecule has 2 aromatic rings. The molecule has 1 aliphatic rings. The molecule has 0 saturated carbocycles. The summed E-state index contributed by atoms with van der Waals surface area (Å²) < 4.78 is 11.3. The molecule has 3 rings (SSSR count). The van der Waals surface area contributed by atoms with Gasteiger partial charge in [0.25, 0.3) is 0 Å². The predicted molar refractivity (Wildman–Crippen MR) is 98.5 cm³/mol. The zero-order valence-corrected chi connectivity index (χ0v) is 15.8. The van der Waals surface area contributed by atoms with E-state index in [4.69, 9.17) is 9.15 Å². The third-order valence-corrected chi connectivity index (χ3v) is 5.28. The van der Waals surface area contributed by atoms with Crippen LogP contribution >= 0.6 is 11.3 Å². The van der Waals surface area contributed by atoms with E-state index in [-0.39, 0.29) is 12.0 Å². The van der Waals surface area contributed by atoms with Crippen LogP contribution in [0.2, 0.25) is 0 Å². The first kappa shape index (κ1) is 18.2. The summed E-state index contributed by atoms with van der Waals surface area (Å²) >= 11 is 1.73. The van der Waals surface area contributed by atoms with Gasteiger partial charge in [0.05, 0.1) is 19.2 Å². The van der Waals surface area contributed by atoms with Gasteiger partial charge in [0.1, 0.15) is 11.5 Å². The fraction of sp³-hybridized carbons (Fsp3) is 0.526. The van der Waals surface area contributed by atoms with E-state index >= 15 is 0 Å². The molecule has 5 nitrogen and oxygen atoms in total. The molecule has 0 radical (unpaired) electrons. The highest BCUT2D eigenvalue weighted by molar-refractivity contribution is 7.09. The van der Waals surface area contributed by atoms with Gasteiger partial charge in [0.2, 0.25) is 5.91 Å². The molecule has 0 bridgehead atoms. The molecule has 1 fully saturated rings. The summed E-state index contributed by atoms with van der Waals surface area (Å²) in [6.07, 6.45) is 2.44. The fourth-order valence-electron chi connectivity index (χ4n) is 3.09. The molecule has 0 N–H and O–H groups in total. The van der Waals surface area contributed by atoms with E-state index in [9.17, 15) is 4.79 Å². The number of amides is 1. The van der Waals surface area contributed by atoms with Crippen molar-refractivity contribution in [3.8, 4) is 0 Å². The van der Waals surface area contributed by atoms with Gasteiger partial charge in [-0.15, -0.1) is 11.3 Å². The van der Waals surface area contributed by atoms with Crippen LogP contribution in [0.1, 0.15) is 29.2 Å². The molecular weight excluding hydrogens is 336 g/mol. The number of hydrogen-bond acceptors (Lipinski definition) is 5. The van der Waals surface area contributed by atoms with Crippen molar-refractivity contribution in [3.63, 3.8) is 0 Å². The average molecular weight is 362 g/mol. The van der Waals surface area contributed by atoms with Crippen LogP contribution in [0.5, 0.6) is 0 Å². The second-order valence-corrected chi connectivity index (χ2v) is 7.68. The molecule has 136 valence electrons. The van der Waals surface area contributed by atoms with Gasteiger partial charge < -0.3 is 14.1 Å². The van der Waals surface area contributed by atoms with Crippen molar-refractivity contribution in [1.29, 1.82) is 0 Å². The summed E-state index contributed by atoms with van der Waals surface area (Å²) in [5.74, 6) is 1.79. The Balaban J connectivity index is 1.58. The first-order chi connectivity index (χ1) is 12.1. The highest BCUT2D eigenvalue weighted by Crippen LogP contribution is 2.17. The first-order valence-electron chi connectivity index (χ1n) is 8.76. The van der Waals surface area contributed by atoms with Crippen molar-refractivity contribution in [3.05, 3.63) is 46.0 Å². The van der Waals surface area contributed by atoms with Gasteiger partial charge in [-0.25, -0.2) is 0 Å². The van der Waals surface area contributed by atoms with E-state index in [0.29, 0.717) is 13.1 Å². The van der Waals surface area contributed by atoms with Gasteiger partial charge in [-0.1, -0.05) is 6.07 Å². The molecule has 1 atom stereocenters. The van der Waals surface area contributed by atoms with Gasteiger partial charge in [0.15, 0.2) is 0 Å². The van der Waals surface area contributed by atoms with Crippen LogP contribution in [-0.2, 0) is 22.6 Å². The van der Waals surface area contributed by atoms with Gasteiger partial charge >= 0.3 is 0 Å². The van der Waals surface area contributed by atoms with Crippen molar-refractivity contribution in [2.75, 3.05) is 26.7 Å². The number of thiophene rings is 1. The topological polar surface area (TPSA) is 45.9 Å². The van der Waals surface area contributed by atoms with E-state index in [1.54, 1.807) is 16.2 Å². The second kappa shape index (κ2) is 8.65. The van der Waals surface area contributed by atoms with E-state index in [0.717, 1.165) is 44.1 Å². The Labute approximate surface area is 153 Å². The minimum absolute atomic E-state index is 0.101. The Morgan fingerprint density at radius 1 is 1.32 bits per heavy atom. The quantitative estimate of drug-likeness (QED) is 0.723. The van der Waals surface area contributed by atoms with Gasteiger partial charge in [-0.3, -0.25) is 9.69 Å². The largest absolute Gasteiger partial charge is 0.464 e. The van der Waals surface area contributed by atoms with Crippen LogP contribution in [0.3, 0.4) is 0 Å². The lowest BCUT2D eigenvalue weighted by Gasteiger charge is -2.26. The van der Waals surface area contributed by atoms with Crippen LogP contribution in [0.4, 0.5) is 0 Å². The Bertz CT molecular complexity index is 662. The van der Waals surface area contributed by atoms with Crippen molar-refractivity contribution in [2.24, 2.45) is 0 Å². The maximum Gasteiger partial charge on any atom is 0.236 e. The van der Waals surface area contributed by atoms with Crippen molar-refractivity contribution in [2.45, 2.75) is 39.0 Å². The molecule has 0 aromatic carbocycles. The zero-order valence-electron chi connectivity index (χ0n) is 14.9. The molecule has 2 aromatic heterocycles. The minimum Gasteiger partial charge on any atom is -0.464 e. The predicted octanol–water partition coefficient (Wildman–Crippen LogP) is 3.29. The lowest BCUT2D eigenvalue weighted by atomic mass is 10.2. The Morgan fingerprint density at radius 3 is 2.84 bits per heavy atom. The number of furan rings is 1. The molecule has 1 unspecified atom stereocenters. The number of rotatable bonds is 8. The number of carbonyl (C=O) groups excluding carboxylic acids is 1. The number of likely N-dealkylation sites (N-methyl/N-ethyl adjacent to an activating group) is 1. The Hall–Kier alpha value is -1.63. The average Bonchev–Trinajstić information content (AvgIpc) is 3.31. The standard InChI is InChI=1S/C19H26N2O3S/c1-15-7-8-17(24-15)11-20(2)19(22)14-21(12-16-5-3-9-23-16)13-18-6-4-10-25-18/h4,6-8,10,16H,3,5,9,11-14H2,1-2H3. The summed E-state index contributed by atoms with van der Waals surface area (Å²) in [7, 11) is 1.83. The normalized spacial score (nSPS) is 17.3. The maximum absolute atomic E-state index is 12.7. The van der Waals surface area contributed by atoms with Crippen molar-refractivity contribution in [1.82, 2.24) is 9.80 Å². The molecule has 6 heteroatoms. The molecule has 1 saturated heterocycles. The molecular formula is C19H26N2O3S. The van der Waals surface area contributed by atoms with Gasteiger partial charge in [-0.05, 0) is 43.3 Å². The lowest BCUT2D eigenvalue weighted by molar-refractivity contribution is -0.132. The fourth-order valence-corrected chi connectivity index (χ4v) is 3.83. The summed E-state index contributed by atoms with van der Waals surface area (Å²) in [6, 6.07) is 8.02. The Kier molecular flexibility index (Phi) is 6.29. The zero-order chi connectivity index (χ0) is 17.6. The summed E-state index contributed by atoms with van der Waals surface area (Å²) in [4.78, 5) is 17.9. The van der Waals surface area contributed by atoms with Crippen LogP contribution < -0.4 is 0 Å².